The lowest BCUT2D eigenvalue weighted by Crippen LogP contribution is -2.30. The Labute approximate surface area is 460 Å². The summed E-state index contributed by atoms with van der Waals surface area (Å²) in [6.45, 7) is 6.30. The first-order valence-electron chi connectivity index (χ1n) is 30.0. The third-order valence-electron chi connectivity index (χ3n) is 12.0. The first-order chi connectivity index (χ1) is 37.0. The molecule has 1 atom stereocenters. The molecule has 0 saturated carbocycles. The van der Waals surface area contributed by atoms with Crippen LogP contribution in [0.2, 0.25) is 0 Å². The molecule has 0 spiro atoms. The predicted octanol–water partition coefficient (Wildman–Crippen LogP) is 20.5. The standard InChI is InChI=1S/C69H108O6/c1-4-7-10-13-16-19-22-25-28-31-33-34-36-38-41-44-47-50-53-56-59-62-68(71)74-65-66(64-73-67(70)61-58-55-52-49-46-43-40-37-30-27-24-21-18-15-12-9-6-3)75-69(72)63-60-57-54-51-48-45-42-39-35-32-29-26-23-20-17-14-11-8-5-2/h7,9-10,12,16-21,25-30,33-35,38-41,43,49,52,66H,4-6,8,11,13-15,22-24,31-32,36-37,42,44-48,50-51,53-65H2,1-3H3/b10-7-,12-9-,19-16-,20-17-,21-18-,28-25-,29-26-,30-27-,34-33-,39-35-,41-38-,43-40-,52-49-. The monoisotopic (exact) mass is 1030 g/mol. The zero-order valence-corrected chi connectivity index (χ0v) is 48.0. The molecule has 6 nitrogen and oxygen atoms in total. The number of carbonyl (C=O) groups excluding carboxylic acids is 3. The van der Waals surface area contributed by atoms with Crippen LogP contribution in [0.4, 0.5) is 0 Å². The smallest absolute Gasteiger partial charge is 0.306 e. The summed E-state index contributed by atoms with van der Waals surface area (Å²) in [7, 11) is 0. The predicted molar refractivity (Wildman–Crippen MR) is 325 cm³/mol. The van der Waals surface area contributed by atoms with E-state index in [1.807, 2.05) is 0 Å². The van der Waals surface area contributed by atoms with E-state index in [-0.39, 0.29) is 44.0 Å². The summed E-state index contributed by atoms with van der Waals surface area (Å²) in [6, 6.07) is 0. The van der Waals surface area contributed by atoms with Crippen LogP contribution in [0.25, 0.3) is 0 Å². The van der Waals surface area contributed by atoms with Crippen molar-refractivity contribution < 1.29 is 28.6 Å². The molecule has 0 heterocycles. The van der Waals surface area contributed by atoms with Crippen molar-refractivity contribution in [3.8, 4) is 0 Å². The highest BCUT2D eigenvalue weighted by Crippen LogP contribution is 2.13. The van der Waals surface area contributed by atoms with Crippen molar-refractivity contribution in [3.63, 3.8) is 0 Å². The molecule has 0 amide bonds. The Kier molecular flexibility index (Phi) is 57.5. The van der Waals surface area contributed by atoms with Crippen LogP contribution in [0.1, 0.15) is 239 Å². The number of allylic oxidation sites excluding steroid dienone is 26. The van der Waals surface area contributed by atoms with Crippen LogP contribution in [0, 0.1) is 0 Å². The van der Waals surface area contributed by atoms with Crippen molar-refractivity contribution in [1.82, 2.24) is 0 Å². The van der Waals surface area contributed by atoms with Crippen molar-refractivity contribution in [3.05, 3.63) is 158 Å². The molecule has 0 saturated heterocycles. The lowest BCUT2D eigenvalue weighted by atomic mass is 10.1. The van der Waals surface area contributed by atoms with Gasteiger partial charge in [-0.15, -0.1) is 0 Å². The van der Waals surface area contributed by atoms with Gasteiger partial charge in [0.25, 0.3) is 0 Å². The van der Waals surface area contributed by atoms with Crippen molar-refractivity contribution in [2.75, 3.05) is 13.2 Å². The highest BCUT2D eigenvalue weighted by Gasteiger charge is 2.19. The van der Waals surface area contributed by atoms with E-state index >= 15 is 0 Å². The minimum atomic E-state index is -0.826. The van der Waals surface area contributed by atoms with E-state index in [1.165, 1.54) is 38.5 Å². The van der Waals surface area contributed by atoms with Gasteiger partial charge in [-0.3, -0.25) is 14.4 Å². The minimum Gasteiger partial charge on any atom is -0.462 e. The van der Waals surface area contributed by atoms with Crippen LogP contribution >= 0.6 is 0 Å². The van der Waals surface area contributed by atoms with Gasteiger partial charge >= 0.3 is 17.9 Å². The summed E-state index contributed by atoms with van der Waals surface area (Å²) in [5.41, 5.74) is 0. The van der Waals surface area contributed by atoms with Gasteiger partial charge in [0.05, 0.1) is 0 Å². The molecule has 0 N–H and O–H groups in total. The van der Waals surface area contributed by atoms with Crippen molar-refractivity contribution in [2.45, 2.75) is 245 Å². The molecule has 0 fully saturated rings. The van der Waals surface area contributed by atoms with Gasteiger partial charge in [-0.2, -0.15) is 0 Å². The zero-order valence-electron chi connectivity index (χ0n) is 48.0. The molecule has 420 valence electrons. The van der Waals surface area contributed by atoms with E-state index in [9.17, 15) is 14.4 Å². The molecule has 0 aromatic heterocycles. The van der Waals surface area contributed by atoms with Gasteiger partial charge in [-0.1, -0.05) is 237 Å². The van der Waals surface area contributed by atoms with Gasteiger partial charge in [0, 0.05) is 19.3 Å². The topological polar surface area (TPSA) is 78.9 Å². The van der Waals surface area contributed by atoms with Gasteiger partial charge in [-0.25, -0.2) is 0 Å². The fraction of sp³-hybridized carbons (Fsp3) is 0.580. The maximum Gasteiger partial charge on any atom is 0.306 e. The second kappa shape index (κ2) is 61.6. The van der Waals surface area contributed by atoms with Gasteiger partial charge < -0.3 is 14.2 Å². The summed E-state index contributed by atoms with van der Waals surface area (Å²) in [5, 5.41) is 0. The van der Waals surface area contributed by atoms with E-state index in [0.29, 0.717) is 12.8 Å². The molecule has 0 aliphatic heterocycles. The molecule has 0 aliphatic rings. The first kappa shape index (κ1) is 70.0. The SMILES string of the molecule is CC/C=C\C/C=C\C/C=C\C/C=C\C/C=C\CCCCCCCC(=O)OCC(COC(=O)CCC/C=C\C/C=C\C/C=C\C/C=C\C/C=C\CC)OC(=O)CCCCCCCC/C=C\C/C=C\C/C=C\CCCCC. The Hall–Kier alpha value is -4.97. The van der Waals surface area contributed by atoms with E-state index in [1.54, 1.807) is 0 Å². The highest BCUT2D eigenvalue weighted by atomic mass is 16.6. The lowest BCUT2D eigenvalue weighted by Gasteiger charge is -2.18. The van der Waals surface area contributed by atoms with E-state index in [4.69, 9.17) is 14.2 Å². The molecule has 1 unspecified atom stereocenters. The third-order valence-corrected chi connectivity index (χ3v) is 12.0. The van der Waals surface area contributed by atoms with Crippen LogP contribution in [0.15, 0.2) is 158 Å². The average molecular weight is 1030 g/mol. The Balaban J connectivity index is 4.56. The number of carbonyl (C=O) groups is 3. The van der Waals surface area contributed by atoms with Gasteiger partial charge in [0.15, 0.2) is 6.10 Å². The van der Waals surface area contributed by atoms with Gasteiger partial charge in [-0.05, 0) is 141 Å². The van der Waals surface area contributed by atoms with Gasteiger partial charge in [0.1, 0.15) is 13.2 Å². The highest BCUT2D eigenvalue weighted by molar-refractivity contribution is 5.71. The number of hydrogen-bond donors (Lipinski definition) is 0. The number of ether oxygens (including phenoxy) is 3. The molecule has 6 heteroatoms. The maximum absolute atomic E-state index is 12.9. The summed E-state index contributed by atoms with van der Waals surface area (Å²) in [5.74, 6) is -1.01. The Morgan fingerprint density at radius 2 is 0.533 bits per heavy atom. The molecule has 0 rings (SSSR count). The largest absolute Gasteiger partial charge is 0.462 e. The van der Waals surface area contributed by atoms with Crippen LogP contribution in [-0.2, 0) is 28.6 Å². The average Bonchev–Trinajstić information content (AvgIpc) is 3.41. The summed E-state index contributed by atoms with van der Waals surface area (Å²) < 4.78 is 16.8. The Bertz CT molecular complexity index is 1710. The fourth-order valence-corrected chi connectivity index (χ4v) is 7.57. The summed E-state index contributed by atoms with van der Waals surface area (Å²) in [6.07, 6.45) is 89.5. The molecular formula is C69H108O6. The van der Waals surface area contributed by atoms with Crippen molar-refractivity contribution in [1.29, 1.82) is 0 Å². The number of hydrogen-bond acceptors (Lipinski definition) is 6. The van der Waals surface area contributed by atoms with Crippen LogP contribution in [-0.4, -0.2) is 37.2 Å². The van der Waals surface area contributed by atoms with Crippen LogP contribution in [0.3, 0.4) is 0 Å². The van der Waals surface area contributed by atoms with E-state index in [0.717, 1.165) is 154 Å². The second-order valence-electron chi connectivity index (χ2n) is 19.1. The van der Waals surface area contributed by atoms with E-state index in [2.05, 4.69) is 179 Å². The molecule has 75 heavy (non-hydrogen) atoms. The van der Waals surface area contributed by atoms with Gasteiger partial charge in [0.2, 0.25) is 0 Å². The molecule has 0 aromatic carbocycles. The molecule has 0 bridgehead atoms. The quantitative estimate of drug-likeness (QED) is 0.0261. The van der Waals surface area contributed by atoms with Crippen LogP contribution in [0.5, 0.6) is 0 Å². The molecule has 0 aromatic rings. The maximum atomic E-state index is 12.9. The minimum absolute atomic E-state index is 0.119. The van der Waals surface area contributed by atoms with Crippen molar-refractivity contribution >= 4 is 17.9 Å². The number of unbranched alkanes of at least 4 members (excludes halogenated alkanes) is 15. The summed E-state index contributed by atoms with van der Waals surface area (Å²) >= 11 is 0. The van der Waals surface area contributed by atoms with E-state index < -0.39 is 6.10 Å². The normalized spacial score (nSPS) is 13.3. The fourth-order valence-electron chi connectivity index (χ4n) is 7.57. The number of esters is 3. The molecular weight excluding hydrogens is 925 g/mol. The number of rotatable bonds is 52. The Morgan fingerprint density at radius 1 is 0.280 bits per heavy atom. The van der Waals surface area contributed by atoms with Crippen LogP contribution < -0.4 is 0 Å². The first-order valence-corrected chi connectivity index (χ1v) is 30.0. The molecule has 0 radical (unpaired) electrons. The zero-order chi connectivity index (χ0) is 54.3. The van der Waals surface area contributed by atoms with Crippen molar-refractivity contribution in [2.24, 2.45) is 0 Å². The lowest BCUT2D eigenvalue weighted by molar-refractivity contribution is -0.167. The Morgan fingerprint density at radius 3 is 0.867 bits per heavy atom. The second-order valence-corrected chi connectivity index (χ2v) is 19.1. The molecule has 0 aliphatic carbocycles. The summed E-state index contributed by atoms with van der Waals surface area (Å²) in [4.78, 5) is 38.3. The third kappa shape index (κ3) is 59.8.